The average Bonchev–Trinajstić information content (AvgIpc) is 2.46. The molecule has 1 atom stereocenters. The highest BCUT2D eigenvalue weighted by Crippen LogP contribution is 2.07. The van der Waals surface area contributed by atoms with Crippen molar-refractivity contribution < 1.29 is 14.7 Å². The van der Waals surface area contributed by atoms with E-state index in [9.17, 15) is 9.59 Å². The molecule has 0 heterocycles. The number of hydrogen-bond donors (Lipinski definition) is 5. The molecule has 1 aromatic rings. The zero-order valence-corrected chi connectivity index (χ0v) is 13.3. The highest BCUT2D eigenvalue weighted by Gasteiger charge is 2.09. The number of amidine groups is 1. The summed E-state index contributed by atoms with van der Waals surface area (Å²) in [6, 6.07) is 6.81. The first-order chi connectivity index (χ1) is 10.9. The molecule has 126 valence electrons. The Labute approximate surface area is 135 Å². The lowest BCUT2D eigenvalue weighted by molar-refractivity contribution is -0.137. The van der Waals surface area contributed by atoms with Crippen molar-refractivity contribution in [1.82, 2.24) is 10.6 Å². The predicted molar refractivity (Wildman–Crippen MR) is 88.6 cm³/mol. The van der Waals surface area contributed by atoms with Crippen molar-refractivity contribution in [2.45, 2.75) is 38.6 Å². The lowest BCUT2D eigenvalue weighted by Gasteiger charge is -2.12. The topological polar surface area (TPSA) is 128 Å². The summed E-state index contributed by atoms with van der Waals surface area (Å²) in [7, 11) is 0. The van der Waals surface area contributed by atoms with Crippen molar-refractivity contribution in [2.24, 2.45) is 5.73 Å². The third-order valence-electron chi connectivity index (χ3n) is 3.30. The third kappa shape index (κ3) is 7.85. The molecule has 0 saturated heterocycles. The number of carbonyl (C=O) groups is 2. The minimum Gasteiger partial charge on any atom is -0.481 e. The van der Waals surface area contributed by atoms with Gasteiger partial charge in [-0.05, 0) is 31.7 Å². The molecule has 0 aliphatic rings. The number of hydrogen-bond acceptors (Lipinski definition) is 3. The van der Waals surface area contributed by atoms with E-state index in [-0.39, 0.29) is 18.3 Å². The lowest BCUT2D eigenvalue weighted by Crippen LogP contribution is -2.41. The van der Waals surface area contributed by atoms with Gasteiger partial charge in [-0.15, -0.1) is 0 Å². The molecule has 0 aliphatic carbocycles. The second-order valence-electron chi connectivity index (χ2n) is 5.47. The van der Waals surface area contributed by atoms with Crippen molar-refractivity contribution in [1.29, 1.82) is 5.41 Å². The normalized spacial score (nSPS) is 11.5. The summed E-state index contributed by atoms with van der Waals surface area (Å²) < 4.78 is 0. The van der Waals surface area contributed by atoms with Gasteiger partial charge in [-0.25, -0.2) is 4.79 Å². The molecule has 0 spiro atoms. The highest BCUT2D eigenvalue weighted by molar-refractivity contribution is 5.94. The van der Waals surface area contributed by atoms with Crippen LogP contribution >= 0.6 is 0 Å². The standard InChI is InChI=1S/C16H24N4O3/c1-11(10-14(21)22)20-16(23)19-9-3-2-4-12-5-7-13(8-6-12)15(17)18/h5-8,11H,2-4,9-10H2,1H3,(H3,17,18)(H,21,22)(H2,19,20,23). The second-order valence-corrected chi connectivity index (χ2v) is 5.47. The number of rotatable bonds is 9. The van der Waals surface area contributed by atoms with Gasteiger partial charge < -0.3 is 21.5 Å². The summed E-state index contributed by atoms with van der Waals surface area (Å²) >= 11 is 0. The van der Waals surface area contributed by atoms with Gasteiger partial charge in [-0.2, -0.15) is 0 Å². The number of amides is 2. The van der Waals surface area contributed by atoms with Crippen molar-refractivity contribution in [2.75, 3.05) is 6.54 Å². The number of urea groups is 1. The van der Waals surface area contributed by atoms with E-state index >= 15 is 0 Å². The predicted octanol–water partition coefficient (Wildman–Crippen LogP) is 1.46. The van der Waals surface area contributed by atoms with Crippen LogP contribution in [0.15, 0.2) is 24.3 Å². The van der Waals surface area contributed by atoms with Crippen LogP contribution in [0.2, 0.25) is 0 Å². The van der Waals surface area contributed by atoms with Crippen molar-refractivity contribution >= 4 is 17.8 Å². The maximum absolute atomic E-state index is 11.5. The van der Waals surface area contributed by atoms with Crippen LogP contribution in [0, 0.1) is 5.41 Å². The number of nitrogens with one attached hydrogen (secondary N) is 3. The van der Waals surface area contributed by atoms with Crippen molar-refractivity contribution in [3.8, 4) is 0 Å². The van der Waals surface area contributed by atoms with E-state index in [1.807, 2.05) is 24.3 Å². The molecule has 7 heteroatoms. The van der Waals surface area contributed by atoms with Gasteiger partial charge in [0, 0.05) is 18.2 Å². The second kappa shape index (κ2) is 9.45. The molecule has 7 nitrogen and oxygen atoms in total. The molecule has 0 bridgehead atoms. The van der Waals surface area contributed by atoms with Crippen LogP contribution in [-0.2, 0) is 11.2 Å². The summed E-state index contributed by atoms with van der Waals surface area (Å²) in [6.45, 7) is 2.19. The molecule has 2 amide bonds. The number of aryl methyl sites for hydroxylation is 1. The van der Waals surface area contributed by atoms with Gasteiger partial charge in [0.05, 0.1) is 6.42 Å². The van der Waals surface area contributed by atoms with Crippen molar-refractivity contribution in [3.05, 3.63) is 35.4 Å². The maximum atomic E-state index is 11.5. The van der Waals surface area contributed by atoms with E-state index in [2.05, 4.69) is 10.6 Å². The fraction of sp³-hybridized carbons (Fsp3) is 0.438. The lowest BCUT2D eigenvalue weighted by atomic mass is 10.1. The zero-order chi connectivity index (χ0) is 17.2. The molecule has 0 radical (unpaired) electrons. The van der Waals surface area contributed by atoms with Crippen LogP contribution in [-0.4, -0.2) is 35.5 Å². The molecule has 1 unspecified atom stereocenters. The molecule has 1 aromatic carbocycles. The Morgan fingerprint density at radius 1 is 1.26 bits per heavy atom. The van der Waals surface area contributed by atoms with E-state index in [4.69, 9.17) is 16.2 Å². The van der Waals surface area contributed by atoms with Crippen LogP contribution < -0.4 is 16.4 Å². The fourth-order valence-electron chi connectivity index (χ4n) is 2.09. The Bertz CT molecular complexity index is 543. The molecule has 0 aliphatic heterocycles. The number of aliphatic carboxylic acids is 1. The number of carboxylic acids is 1. The number of nitrogen functional groups attached to an aromatic ring is 1. The van der Waals surface area contributed by atoms with Crippen LogP contribution in [0.1, 0.15) is 37.3 Å². The fourth-order valence-corrected chi connectivity index (χ4v) is 2.09. The van der Waals surface area contributed by atoms with Crippen LogP contribution in [0.4, 0.5) is 4.79 Å². The molecule has 23 heavy (non-hydrogen) atoms. The smallest absolute Gasteiger partial charge is 0.315 e. The molecule has 0 aromatic heterocycles. The first kappa shape index (κ1) is 18.5. The first-order valence-corrected chi connectivity index (χ1v) is 7.58. The summed E-state index contributed by atoms with van der Waals surface area (Å²) in [4.78, 5) is 22.0. The minimum atomic E-state index is -0.936. The highest BCUT2D eigenvalue weighted by atomic mass is 16.4. The molecule has 0 fully saturated rings. The quantitative estimate of drug-likeness (QED) is 0.268. The largest absolute Gasteiger partial charge is 0.481 e. The molecule has 6 N–H and O–H groups in total. The van der Waals surface area contributed by atoms with Gasteiger partial charge in [0.25, 0.3) is 0 Å². The summed E-state index contributed by atoms with van der Waals surface area (Å²) in [5.41, 5.74) is 7.27. The summed E-state index contributed by atoms with van der Waals surface area (Å²) in [6.07, 6.45) is 2.54. The van der Waals surface area contributed by atoms with E-state index in [1.165, 1.54) is 0 Å². The molecule has 0 saturated carbocycles. The van der Waals surface area contributed by atoms with E-state index < -0.39 is 12.0 Å². The van der Waals surface area contributed by atoms with Crippen LogP contribution in [0.3, 0.4) is 0 Å². The van der Waals surface area contributed by atoms with Gasteiger partial charge >= 0.3 is 12.0 Å². The van der Waals surface area contributed by atoms with Gasteiger partial charge in [0.15, 0.2) is 0 Å². The van der Waals surface area contributed by atoms with E-state index in [0.717, 1.165) is 24.8 Å². The Morgan fingerprint density at radius 2 is 1.91 bits per heavy atom. The number of nitrogens with two attached hydrogens (primary N) is 1. The number of unbranched alkanes of at least 4 members (excludes halogenated alkanes) is 1. The SMILES string of the molecule is CC(CC(=O)O)NC(=O)NCCCCc1ccc(C(=N)N)cc1. The van der Waals surface area contributed by atoms with E-state index in [0.29, 0.717) is 12.1 Å². The Morgan fingerprint density at radius 3 is 2.48 bits per heavy atom. The summed E-state index contributed by atoms with van der Waals surface area (Å²) in [5.74, 6) is -0.877. The van der Waals surface area contributed by atoms with Gasteiger partial charge in [0.1, 0.15) is 5.84 Å². The monoisotopic (exact) mass is 320 g/mol. The zero-order valence-electron chi connectivity index (χ0n) is 13.3. The Hall–Kier alpha value is -2.57. The van der Waals surface area contributed by atoms with Gasteiger partial charge in [-0.3, -0.25) is 10.2 Å². The number of carbonyl (C=O) groups excluding carboxylic acids is 1. The maximum Gasteiger partial charge on any atom is 0.315 e. The van der Waals surface area contributed by atoms with Crippen LogP contribution in [0.25, 0.3) is 0 Å². The number of benzene rings is 1. The number of carboxylic acid groups (broad SMARTS) is 1. The Balaban J connectivity index is 2.16. The summed E-state index contributed by atoms with van der Waals surface area (Å²) in [5, 5.41) is 21.2. The van der Waals surface area contributed by atoms with Crippen molar-refractivity contribution in [3.63, 3.8) is 0 Å². The first-order valence-electron chi connectivity index (χ1n) is 7.58. The average molecular weight is 320 g/mol. The Kier molecular flexibility index (Phi) is 7.59. The molecular formula is C16H24N4O3. The molecular weight excluding hydrogens is 296 g/mol. The third-order valence-corrected chi connectivity index (χ3v) is 3.30. The minimum absolute atomic E-state index is 0.0592. The van der Waals surface area contributed by atoms with E-state index in [1.54, 1.807) is 6.92 Å². The van der Waals surface area contributed by atoms with Gasteiger partial charge in [0.2, 0.25) is 0 Å². The van der Waals surface area contributed by atoms with Crippen LogP contribution in [0.5, 0.6) is 0 Å². The molecule has 1 rings (SSSR count). The van der Waals surface area contributed by atoms with Gasteiger partial charge in [-0.1, -0.05) is 24.3 Å².